The quantitative estimate of drug-likeness (QED) is 0.860. The Morgan fingerprint density at radius 1 is 1.52 bits per heavy atom. The molecule has 0 saturated heterocycles. The summed E-state index contributed by atoms with van der Waals surface area (Å²) in [5.74, 6) is -0.151. The Labute approximate surface area is 127 Å². The summed E-state index contributed by atoms with van der Waals surface area (Å²) in [7, 11) is 0. The first kappa shape index (κ1) is 16.1. The number of carboxylic acid groups (broad SMARTS) is 1. The standard InChI is InChI=1S/C17H28N2O2/c1-4-15(5-2)19-10-8-14(18-19)12-17(16(20)21)9-6-7-13(3)11-17/h8,10,13,15H,4-7,9,11-12H2,1-3H3,(H,20,21). The van der Waals surface area contributed by atoms with Crippen LogP contribution in [0.2, 0.25) is 0 Å². The van der Waals surface area contributed by atoms with E-state index in [2.05, 4.69) is 25.9 Å². The van der Waals surface area contributed by atoms with E-state index in [9.17, 15) is 9.90 Å². The SMILES string of the molecule is CCC(CC)n1ccc(CC2(C(=O)O)CCCC(C)C2)n1. The molecule has 118 valence electrons. The second-order valence-corrected chi connectivity index (χ2v) is 6.72. The van der Waals surface area contributed by atoms with Crippen molar-refractivity contribution in [1.29, 1.82) is 0 Å². The molecule has 0 bridgehead atoms. The van der Waals surface area contributed by atoms with Crippen molar-refractivity contribution in [3.63, 3.8) is 0 Å². The summed E-state index contributed by atoms with van der Waals surface area (Å²) in [4.78, 5) is 11.8. The smallest absolute Gasteiger partial charge is 0.310 e. The zero-order valence-corrected chi connectivity index (χ0v) is 13.5. The molecule has 4 heteroatoms. The first-order valence-electron chi connectivity index (χ1n) is 8.28. The highest BCUT2D eigenvalue weighted by Crippen LogP contribution is 2.42. The maximum Gasteiger partial charge on any atom is 0.310 e. The fourth-order valence-electron chi connectivity index (χ4n) is 3.78. The summed E-state index contributed by atoms with van der Waals surface area (Å²) in [6.07, 6.45) is 8.41. The van der Waals surface area contributed by atoms with Gasteiger partial charge in [0.15, 0.2) is 0 Å². The molecule has 1 saturated carbocycles. The van der Waals surface area contributed by atoms with E-state index in [1.54, 1.807) is 0 Å². The van der Waals surface area contributed by atoms with E-state index in [0.29, 0.717) is 18.4 Å². The number of hydrogen-bond donors (Lipinski definition) is 1. The van der Waals surface area contributed by atoms with Crippen LogP contribution in [-0.2, 0) is 11.2 Å². The lowest BCUT2D eigenvalue weighted by atomic mass is 9.67. The van der Waals surface area contributed by atoms with Crippen molar-refractivity contribution in [2.24, 2.45) is 11.3 Å². The average Bonchev–Trinajstić information content (AvgIpc) is 2.88. The molecule has 1 N–H and O–H groups in total. The minimum Gasteiger partial charge on any atom is -0.481 e. The molecule has 2 atom stereocenters. The van der Waals surface area contributed by atoms with Crippen LogP contribution in [0.4, 0.5) is 0 Å². The number of hydrogen-bond acceptors (Lipinski definition) is 2. The summed E-state index contributed by atoms with van der Waals surface area (Å²) >= 11 is 0. The molecule has 2 rings (SSSR count). The van der Waals surface area contributed by atoms with Gasteiger partial charge in [0.1, 0.15) is 0 Å². The summed E-state index contributed by atoms with van der Waals surface area (Å²) in [6, 6.07) is 2.42. The van der Waals surface area contributed by atoms with E-state index in [1.165, 1.54) is 0 Å². The minimum absolute atomic E-state index is 0.421. The van der Waals surface area contributed by atoms with Gasteiger partial charge >= 0.3 is 5.97 Å². The Bertz CT molecular complexity index is 479. The van der Waals surface area contributed by atoms with Crippen molar-refractivity contribution < 1.29 is 9.90 Å². The second kappa shape index (κ2) is 6.63. The fourth-order valence-corrected chi connectivity index (χ4v) is 3.78. The van der Waals surface area contributed by atoms with Crippen LogP contribution in [-0.4, -0.2) is 20.9 Å². The van der Waals surface area contributed by atoms with Crippen LogP contribution in [0.3, 0.4) is 0 Å². The molecule has 1 aliphatic rings. The van der Waals surface area contributed by atoms with Gasteiger partial charge in [-0.1, -0.05) is 33.6 Å². The lowest BCUT2D eigenvalue weighted by Gasteiger charge is -2.36. The van der Waals surface area contributed by atoms with Crippen LogP contribution in [0.15, 0.2) is 12.3 Å². The minimum atomic E-state index is -0.647. The highest BCUT2D eigenvalue weighted by atomic mass is 16.4. The van der Waals surface area contributed by atoms with Crippen molar-refractivity contribution in [2.75, 3.05) is 0 Å². The van der Waals surface area contributed by atoms with E-state index in [0.717, 1.165) is 44.2 Å². The van der Waals surface area contributed by atoms with Gasteiger partial charge in [0, 0.05) is 12.6 Å². The maximum absolute atomic E-state index is 11.8. The van der Waals surface area contributed by atoms with E-state index in [4.69, 9.17) is 0 Å². The first-order chi connectivity index (χ1) is 10.0. The van der Waals surface area contributed by atoms with E-state index >= 15 is 0 Å². The van der Waals surface area contributed by atoms with Gasteiger partial charge in [0.25, 0.3) is 0 Å². The van der Waals surface area contributed by atoms with Crippen molar-refractivity contribution in [3.05, 3.63) is 18.0 Å². The largest absolute Gasteiger partial charge is 0.481 e. The van der Waals surface area contributed by atoms with Gasteiger partial charge in [0.2, 0.25) is 0 Å². The van der Waals surface area contributed by atoms with E-state index in [1.807, 2.05) is 16.9 Å². The van der Waals surface area contributed by atoms with Gasteiger partial charge < -0.3 is 5.11 Å². The molecule has 1 heterocycles. The molecule has 0 spiro atoms. The summed E-state index contributed by atoms with van der Waals surface area (Å²) in [5.41, 5.74) is 0.323. The average molecular weight is 292 g/mol. The summed E-state index contributed by atoms with van der Waals surface area (Å²) in [5, 5.41) is 14.4. The van der Waals surface area contributed by atoms with Crippen LogP contribution in [0.25, 0.3) is 0 Å². The number of aliphatic carboxylic acids is 1. The summed E-state index contributed by atoms with van der Waals surface area (Å²) in [6.45, 7) is 6.49. The van der Waals surface area contributed by atoms with Gasteiger partial charge in [-0.2, -0.15) is 5.10 Å². The van der Waals surface area contributed by atoms with Gasteiger partial charge in [0.05, 0.1) is 17.2 Å². The van der Waals surface area contributed by atoms with Crippen molar-refractivity contribution in [1.82, 2.24) is 9.78 Å². The zero-order chi connectivity index (χ0) is 15.5. The maximum atomic E-state index is 11.8. The fraction of sp³-hybridized carbons (Fsp3) is 0.765. The van der Waals surface area contributed by atoms with Crippen LogP contribution in [0, 0.1) is 11.3 Å². The van der Waals surface area contributed by atoms with Crippen LogP contribution in [0.1, 0.15) is 71.0 Å². The lowest BCUT2D eigenvalue weighted by Crippen LogP contribution is -2.38. The number of carboxylic acids is 1. The molecule has 1 aliphatic carbocycles. The highest BCUT2D eigenvalue weighted by molar-refractivity contribution is 5.75. The monoisotopic (exact) mass is 292 g/mol. The van der Waals surface area contributed by atoms with E-state index < -0.39 is 11.4 Å². The molecular formula is C17H28N2O2. The van der Waals surface area contributed by atoms with Crippen LogP contribution < -0.4 is 0 Å². The highest BCUT2D eigenvalue weighted by Gasteiger charge is 2.42. The number of carbonyl (C=O) groups is 1. The second-order valence-electron chi connectivity index (χ2n) is 6.72. The third kappa shape index (κ3) is 3.47. The predicted molar refractivity (Wildman–Crippen MR) is 83.3 cm³/mol. The molecule has 4 nitrogen and oxygen atoms in total. The number of aromatic nitrogens is 2. The van der Waals surface area contributed by atoms with Gasteiger partial charge in [-0.3, -0.25) is 9.48 Å². The molecular weight excluding hydrogens is 264 g/mol. The molecule has 21 heavy (non-hydrogen) atoms. The zero-order valence-electron chi connectivity index (χ0n) is 13.5. The van der Waals surface area contributed by atoms with Gasteiger partial charge in [-0.25, -0.2) is 0 Å². The van der Waals surface area contributed by atoms with Gasteiger partial charge in [-0.15, -0.1) is 0 Å². The van der Waals surface area contributed by atoms with Crippen LogP contribution in [0.5, 0.6) is 0 Å². The lowest BCUT2D eigenvalue weighted by molar-refractivity contribution is -0.152. The Balaban J connectivity index is 2.16. The van der Waals surface area contributed by atoms with Crippen molar-refractivity contribution >= 4 is 5.97 Å². The Morgan fingerprint density at radius 3 is 2.81 bits per heavy atom. The Hall–Kier alpha value is -1.32. The first-order valence-corrected chi connectivity index (χ1v) is 8.28. The molecule has 1 fully saturated rings. The third-order valence-electron chi connectivity index (χ3n) is 5.04. The third-order valence-corrected chi connectivity index (χ3v) is 5.04. The van der Waals surface area contributed by atoms with Crippen LogP contribution >= 0.6 is 0 Å². The molecule has 0 aromatic carbocycles. The molecule has 0 amide bonds. The Kier molecular flexibility index (Phi) is 5.07. The topological polar surface area (TPSA) is 55.1 Å². The van der Waals surface area contributed by atoms with Crippen molar-refractivity contribution in [2.45, 2.75) is 71.8 Å². The molecule has 2 unspecified atom stereocenters. The van der Waals surface area contributed by atoms with E-state index in [-0.39, 0.29) is 0 Å². The predicted octanol–water partition coefficient (Wildman–Crippen LogP) is 4.07. The molecule has 1 aromatic heterocycles. The number of nitrogens with zero attached hydrogens (tertiary/aromatic N) is 2. The van der Waals surface area contributed by atoms with Gasteiger partial charge in [-0.05, 0) is 37.7 Å². The molecule has 0 radical (unpaired) electrons. The molecule has 0 aliphatic heterocycles. The molecule has 1 aromatic rings. The normalized spacial score (nSPS) is 26.2. The summed E-state index contributed by atoms with van der Waals surface area (Å²) < 4.78 is 2.01. The Morgan fingerprint density at radius 2 is 2.24 bits per heavy atom. The van der Waals surface area contributed by atoms with Crippen molar-refractivity contribution in [3.8, 4) is 0 Å². The number of rotatable bonds is 6.